The van der Waals surface area contributed by atoms with Crippen LogP contribution >= 0.6 is 0 Å². The van der Waals surface area contributed by atoms with Crippen molar-refractivity contribution in [1.82, 2.24) is 0 Å². The lowest BCUT2D eigenvalue weighted by Gasteiger charge is -2.24. The minimum Gasteiger partial charge on any atom is -0.361 e. The van der Waals surface area contributed by atoms with Crippen molar-refractivity contribution in [2.24, 2.45) is 0 Å². The predicted octanol–water partition coefficient (Wildman–Crippen LogP) is 24.2. The fourth-order valence-corrected chi connectivity index (χ4v) is 15.1. The molecule has 0 aliphatic rings. The van der Waals surface area contributed by atoms with Gasteiger partial charge in [0.25, 0.3) is 0 Å². The maximum atomic E-state index is 11.3. The summed E-state index contributed by atoms with van der Waals surface area (Å²) in [6.07, 6.45) is 0. The highest BCUT2D eigenvalue weighted by Crippen LogP contribution is 2.46. The minimum atomic E-state index is -0.0291. The van der Waals surface area contributed by atoms with Crippen LogP contribution < -0.4 is 0 Å². The SMILES string of the molecule is Cc1cc(C#Cc2c3cc(C#Cc4ccccc4)ccc3c(-c3c(C)cc(C(C)(C)C)cc3C)c3ccc(C#Cc4ccccc4)cc23)cc(C)c1C(=[N+]=[N-])c1c(C)cc(C#Cc2c3cc(C#Cc4ccccc4)ccc3c(-c3c(C)cc(C(C)(C)C)cc3C)c3ccc(C#Cc4ccccc4)cc23)cc1C. The lowest BCUT2D eigenvalue weighted by Crippen LogP contribution is -2.13. The third kappa shape index (κ3) is 14.9. The summed E-state index contributed by atoms with van der Waals surface area (Å²) in [5, 5.41) is 8.40. The number of fused-ring (bicyclic) bond motifs is 4. The van der Waals surface area contributed by atoms with Gasteiger partial charge in [-0.1, -0.05) is 234 Å². The van der Waals surface area contributed by atoms with E-state index >= 15 is 0 Å². The molecule has 14 aromatic carbocycles. The summed E-state index contributed by atoms with van der Waals surface area (Å²) in [7, 11) is 0. The van der Waals surface area contributed by atoms with Crippen LogP contribution in [-0.4, -0.2) is 10.5 Å². The van der Waals surface area contributed by atoms with Crippen LogP contribution in [0.5, 0.6) is 0 Å². The van der Waals surface area contributed by atoms with E-state index in [9.17, 15) is 5.53 Å². The van der Waals surface area contributed by atoms with Gasteiger partial charge in [0.15, 0.2) is 0 Å². The van der Waals surface area contributed by atoms with Gasteiger partial charge in [-0.3, -0.25) is 0 Å². The highest BCUT2D eigenvalue weighted by atomic mass is 14.9. The van der Waals surface area contributed by atoms with E-state index in [1.807, 2.05) is 121 Å². The van der Waals surface area contributed by atoms with Crippen molar-refractivity contribution in [1.29, 1.82) is 0 Å². The lowest BCUT2D eigenvalue weighted by molar-refractivity contribution is -0.00295. The second-order valence-corrected chi connectivity index (χ2v) is 30.4. The van der Waals surface area contributed by atoms with E-state index in [0.717, 1.165) is 154 Å². The maximum absolute atomic E-state index is 11.3. The summed E-state index contributed by atoms with van der Waals surface area (Å²) in [4.78, 5) is 4.15. The molecule has 0 amide bonds. The largest absolute Gasteiger partial charge is 0.361 e. The Morgan fingerprint density at radius 2 is 0.467 bits per heavy atom. The molecule has 0 bridgehead atoms. The number of hydrogen-bond donors (Lipinski definition) is 0. The van der Waals surface area contributed by atoms with Crippen LogP contribution in [0.3, 0.4) is 0 Å². The second-order valence-electron chi connectivity index (χ2n) is 30.4. The van der Waals surface area contributed by atoms with E-state index in [-0.39, 0.29) is 10.8 Å². The Balaban J connectivity index is 0.896. The fourth-order valence-electron chi connectivity index (χ4n) is 15.1. The van der Waals surface area contributed by atoms with Crippen LogP contribution in [0.15, 0.2) is 243 Å². The Labute approximate surface area is 632 Å². The molecule has 0 unspecified atom stereocenters. The van der Waals surface area contributed by atoms with Crippen molar-refractivity contribution < 1.29 is 4.79 Å². The molecule has 14 aromatic rings. The first-order valence-corrected chi connectivity index (χ1v) is 36.6. The van der Waals surface area contributed by atoms with Crippen LogP contribution in [-0.2, 0) is 10.8 Å². The van der Waals surface area contributed by atoms with Gasteiger partial charge < -0.3 is 5.53 Å². The molecule has 0 aliphatic carbocycles. The minimum absolute atomic E-state index is 0.0291. The molecule has 0 heterocycles. The zero-order valence-electron chi connectivity index (χ0n) is 63.5. The first-order chi connectivity index (χ1) is 51.5. The first-order valence-electron chi connectivity index (χ1n) is 36.6. The molecule has 0 atom stereocenters. The summed E-state index contributed by atoms with van der Waals surface area (Å²) in [5.41, 5.74) is 40.1. The lowest BCUT2D eigenvalue weighted by atomic mass is 9.80. The van der Waals surface area contributed by atoms with Crippen LogP contribution in [0.1, 0.15) is 175 Å². The van der Waals surface area contributed by atoms with Gasteiger partial charge in [0, 0.05) is 66.8 Å². The number of nitrogens with zero attached hydrogens (tertiary/aromatic N) is 2. The molecule has 14 rings (SSSR count). The van der Waals surface area contributed by atoms with Gasteiger partial charge in [0.1, 0.15) is 0 Å². The standard InChI is InChI=1S/C105H82N2/c1-67-55-83(47-49-87-93-63-79(39-35-75-27-19-15-20-28-75)43-51-89(93)101(97-71(5)59-85(60-72(97)6)104(9,10)11)90-52-44-80(64-94(87)90)40-36-76-29-21-16-22-30-76)56-68(2)99(67)103(107-106)100-69(3)57-84(58-70(100)4)48-50-88-95-65-81(41-37-77-31-23-17-24-32-77)45-53-91(95)102(98-73(7)61-86(62-74(98)8)105(12,13)14)92-54-46-82(66-96(88)92)42-38-78-33-25-18-26-34-78/h15-34,43-46,51-66H,1-14H3. The predicted molar refractivity (Wildman–Crippen MR) is 450 cm³/mol. The Morgan fingerprint density at radius 1 is 0.234 bits per heavy atom. The molecule has 107 heavy (non-hydrogen) atoms. The average Bonchev–Trinajstić information content (AvgIpc) is 0.733. The van der Waals surface area contributed by atoms with Gasteiger partial charge in [-0.05, 0) is 309 Å². The van der Waals surface area contributed by atoms with Crippen molar-refractivity contribution in [2.75, 3.05) is 0 Å². The molecule has 0 saturated heterocycles. The van der Waals surface area contributed by atoms with Gasteiger partial charge in [0.2, 0.25) is 0 Å². The molecule has 0 saturated carbocycles. The van der Waals surface area contributed by atoms with Gasteiger partial charge in [-0.15, -0.1) is 0 Å². The molecule has 0 N–H and O–H groups in total. The zero-order chi connectivity index (χ0) is 74.8. The molecule has 2 heteroatoms. The number of hydrogen-bond acceptors (Lipinski definition) is 0. The zero-order valence-corrected chi connectivity index (χ0v) is 63.5. The van der Waals surface area contributed by atoms with E-state index in [4.69, 9.17) is 0 Å². The maximum Gasteiger partial charge on any atom is 0.330 e. The summed E-state index contributed by atoms with van der Waals surface area (Å²) in [6.45, 7) is 31.0. The highest BCUT2D eigenvalue weighted by Gasteiger charge is 2.27. The Bertz CT molecular complexity index is 5750. The van der Waals surface area contributed by atoms with E-state index < -0.39 is 0 Å². The number of aryl methyl sites for hydroxylation is 8. The highest BCUT2D eigenvalue weighted by molar-refractivity contribution is 6.19. The molecule has 512 valence electrons. The Kier molecular flexibility index (Phi) is 19.6. The molecular formula is C105H82N2. The van der Waals surface area contributed by atoms with Crippen molar-refractivity contribution in [2.45, 2.75) is 108 Å². The third-order valence-electron chi connectivity index (χ3n) is 20.3. The molecule has 0 aliphatic heterocycles. The van der Waals surface area contributed by atoms with Gasteiger partial charge in [0.05, 0.1) is 11.1 Å². The smallest absolute Gasteiger partial charge is 0.330 e. The second kappa shape index (κ2) is 29.5. The van der Waals surface area contributed by atoms with Crippen molar-refractivity contribution in [3.05, 3.63) is 382 Å². The quantitative estimate of drug-likeness (QED) is 0.0554. The normalized spacial score (nSPS) is 11.0. The van der Waals surface area contributed by atoms with Crippen LogP contribution in [0.2, 0.25) is 0 Å². The third-order valence-corrected chi connectivity index (χ3v) is 20.3. The summed E-state index contributed by atoms with van der Waals surface area (Å²) < 4.78 is 0. The Hall–Kier alpha value is -13.1. The fraction of sp³-hybridized carbons (Fsp3) is 0.152. The molecule has 0 spiro atoms. The molecule has 0 radical (unpaired) electrons. The summed E-state index contributed by atoms with van der Waals surface area (Å²) in [6, 6.07) is 84.8. The number of benzene rings is 14. The Morgan fingerprint density at radius 3 is 0.701 bits per heavy atom. The topological polar surface area (TPSA) is 36.4 Å². The van der Waals surface area contributed by atoms with Crippen molar-refractivity contribution in [3.8, 4) is 93.3 Å². The van der Waals surface area contributed by atoms with Crippen LogP contribution in [0, 0.1) is 126 Å². The molecular weight excluding hydrogens is 1290 g/mol. The van der Waals surface area contributed by atoms with E-state index in [0.29, 0.717) is 5.71 Å². The van der Waals surface area contributed by atoms with Crippen LogP contribution in [0.4, 0.5) is 0 Å². The molecule has 2 nitrogen and oxygen atoms in total. The van der Waals surface area contributed by atoms with Gasteiger partial charge in [-0.25, -0.2) is 0 Å². The van der Waals surface area contributed by atoms with Gasteiger partial charge in [-0.2, -0.15) is 4.79 Å². The van der Waals surface area contributed by atoms with Crippen molar-refractivity contribution in [3.63, 3.8) is 0 Å². The average molecular weight is 1370 g/mol. The van der Waals surface area contributed by atoms with Crippen LogP contribution in [0.25, 0.3) is 70.9 Å². The molecule has 0 fully saturated rings. The summed E-state index contributed by atoms with van der Waals surface area (Å²) in [5.74, 6) is 42.7. The van der Waals surface area contributed by atoms with Gasteiger partial charge >= 0.3 is 5.71 Å². The van der Waals surface area contributed by atoms with Crippen molar-refractivity contribution >= 4 is 48.8 Å². The van der Waals surface area contributed by atoms with E-state index in [1.165, 1.54) is 44.5 Å². The number of rotatable bonds is 4. The first kappa shape index (κ1) is 70.9. The monoisotopic (exact) mass is 1370 g/mol. The molecule has 0 aromatic heterocycles. The summed E-state index contributed by atoms with van der Waals surface area (Å²) >= 11 is 0. The van der Waals surface area contributed by atoms with E-state index in [2.05, 4.69) is 294 Å². The van der Waals surface area contributed by atoms with E-state index in [1.54, 1.807) is 0 Å².